The van der Waals surface area contributed by atoms with E-state index in [2.05, 4.69) is 20.5 Å². The lowest BCUT2D eigenvalue weighted by molar-refractivity contribution is 0.543. The summed E-state index contributed by atoms with van der Waals surface area (Å²) in [7, 11) is 0. The summed E-state index contributed by atoms with van der Waals surface area (Å²) in [6.45, 7) is 0. The van der Waals surface area contributed by atoms with Gasteiger partial charge in [-0.25, -0.2) is 4.79 Å². The summed E-state index contributed by atoms with van der Waals surface area (Å²) in [4.78, 5) is 12.6. The van der Waals surface area contributed by atoms with Crippen LogP contribution < -0.4 is 5.63 Å². The molecule has 0 bridgehead atoms. The van der Waals surface area contributed by atoms with Crippen LogP contribution in [0.1, 0.15) is 0 Å². The Labute approximate surface area is 144 Å². The Morgan fingerprint density at radius 3 is 2.76 bits per heavy atom. The quantitative estimate of drug-likeness (QED) is 0.454. The van der Waals surface area contributed by atoms with Gasteiger partial charge in [-0.15, -0.1) is 15.3 Å². The normalized spacial score (nSPS) is 11.5. The molecule has 120 valence electrons. The number of aromatic nitrogens is 5. The molecule has 3 aromatic heterocycles. The molecule has 0 unspecified atom stereocenters. The highest BCUT2D eigenvalue weighted by atomic mass is 32.2. The van der Waals surface area contributed by atoms with Crippen molar-refractivity contribution in [2.45, 2.75) is 10.1 Å². The summed E-state index contributed by atoms with van der Waals surface area (Å²) in [5, 5.41) is 18.8. The van der Waals surface area contributed by atoms with Crippen molar-refractivity contribution in [2.75, 3.05) is 0 Å². The van der Waals surface area contributed by atoms with Gasteiger partial charge < -0.3 is 4.42 Å². The maximum absolute atomic E-state index is 12.2. The van der Waals surface area contributed by atoms with Gasteiger partial charge in [0.15, 0.2) is 5.65 Å². The summed E-state index contributed by atoms with van der Waals surface area (Å²) < 4.78 is 6.88. The van der Waals surface area contributed by atoms with Crippen molar-refractivity contribution in [3.8, 4) is 0 Å². The number of fused-ring (bicyclic) bond motifs is 4. The minimum atomic E-state index is -0.422. The van der Waals surface area contributed by atoms with E-state index in [0.29, 0.717) is 21.3 Å². The van der Waals surface area contributed by atoms with Crippen molar-refractivity contribution in [1.29, 1.82) is 0 Å². The van der Waals surface area contributed by atoms with Crippen LogP contribution in [0.25, 0.3) is 27.5 Å². The topological polar surface area (TPSA) is 86.2 Å². The van der Waals surface area contributed by atoms with Crippen LogP contribution in [-0.4, -0.2) is 25.0 Å². The third kappa shape index (κ3) is 2.26. The predicted molar refractivity (Wildman–Crippen MR) is 92.7 cm³/mol. The summed E-state index contributed by atoms with van der Waals surface area (Å²) >= 11 is 1.15. The van der Waals surface area contributed by atoms with E-state index in [1.165, 1.54) is 4.52 Å². The molecule has 0 spiro atoms. The number of rotatable bonds is 2. The zero-order valence-corrected chi connectivity index (χ0v) is 13.5. The van der Waals surface area contributed by atoms with Crippen LogP contribution in [-0.2, 0) is 0 Å². The van der Waals surface area contributed by atoms with E-state index in [1.807, 2.05) is 42.5 Å². The molecule has 0 N–H and O–H groups in total. The van der Waals surface area contributed by atoms with Gasteiger partial charge in [0.25, 0.3) is 0 Å². The molecular formula is C17H9N5O2S. The minimum absolute atomic E-state index is 0.419. The Bertz CT molecular complexity index is 1310. The summed E-state index contributed by atoms with van der Waals surface area (Å²) in [5.74, 6) is 0. The molecular weight excluding hydrogens is 338 g/mol. The highest BCUT2D eigenvalue weighted by Gasteiger charge is 2.15. The summed E-state index contributed by atoms with van der Waals surface area (Å²) in [6.07, 6.45) is 0. The number of para-hydroxylation sites is 1. The molecule has 2 aromatic carbocycles. The van der Waals surface area contributed by atoms with Gasteiger partial charge in [-0.2, -0.15) is 4.52 Å². The lowest BCUT2D eigenvalue weighted by atomic mass is 10.2. The average molecular weight is 347 g/mol. The number of hydrogen-bond donors (Lipinski definition) is 0. The third-order valence-electron chi connectivity index (χ3n) is 3.81. The number of hydrogen-bond acceptors (Lipinski definition) is 7. The van der Waals surface area contributed by atoms with Crippen molar-refractivity contribution < 1.29 is 4.42 Å². The van der Waals surface area contributed by atoms with Gasteiger partial charge in [0, 0.05) is 10.8 Å². The van der Waals surface area contributed by atoms with Gasteiger partial charge >= 0.3 is 5.63 Å². The fourth-order valence-corrected chi connectivity index (χ4v) is 3.43. The molecule has 0 fully saturated rings. The number of nitrogens with zero attached hydrogens (tertiary/aromatic N) is 5. The molecule has 7 nitrogen and oxygen atoms in total. The number of benzene rings is 2. The van der Waals surface area contributed by atoms with Crippen molar-refractivity contribution in [3.63, 3.8) is 0 Å². The maximum atomic E-state index is 12.2. The molecule has 5 aromatic rings. The van der Waals surface area contributed by atoms with E-state index in [0.717, 1.165) is 28.1 Å². The first kappa shape index (κ1) is 14.1. The van der Waals surface area contributed by atoms with Gasteiger partial charge in [-0.3, -0.25) is 0 Å². The molecule has 5 rings (SSSR count). The standard InChI is InChI=1S/C17H9N5O2S/c23-16-14(9-10-5-1-4-8-13(10)24-16)25-17-20-19-15-11-6-2-3-7-12(11)18-21-22(15)17/h1-9H. The van der Waals surface area contributed by atoms with Gasteiger partial charge in [0.2, 0.25) is 5.16 Å². The fraction of sp³-hybridized carbons (Fsp3) is 0. The Morgan fingerprint density at radius 1 is 0.960 bits per heavy atom. The largest absolute Gasteiger partial charge is 0.422 e. The lowest BCUT2D eigenvalue weighted by Crippen LogP contribution is -2.03. The monoisotopic (exact) mass is 347 g/mol. The lowest BCUT2D eigenvalue weighted by Gasteiger charge is -2.01. The van der Waals surface area contributed by atoms with E-state index in [1.54, 1.807) is 12.1 Å². The molecule has 0 aliphatic rings. The van der Waals surface area contributed by atoms with Crippen molar-refractivity contribution in [3.05, 3.63) is 65.0 Å². The highest BCUT2D eigenvalue weighted by molar-refractivity contribution is 7.99. The first-order valence-corrected chi connectivity index (χ1v) is 8.29. The molecule has 0 aliphatic carbocycles. The predicted octanol–water partition coefficient (Wildman–Crippen LogP) is 2.93. The first-order valence-electron chi connectivity index (χ1n) is 7.47. The molecule has 3 heterocycles. The SMILES string of the molecule is O=c1oc2ccccc2cc1Sc1nnc2c3ccccc3nnn12. The van der Waals surface area contributed by atoms with Crippen LogP contribution in [0, 0.1) is 0 Å². The Balaban J connectivity index is 1.66. The van der Waals surface area contributed by atoms with E-state index < -0.39 is 5.63 Å². The second-order valence-electron chi connectivity index (χ2n) is 5.36. The zero-order chi connectivity index (χ0) is 16.8. The smallest absolute Gasteiger partial charge is 0.350 e. The third-order valence-corrected chi connectivity index (χ3v) is 4.75. The van der Waals surface area contributed by atoms with Gasteiger partial charge in [-0.1, -0.05) is 35.5 Å². The molecule has 0 saturated heterocycles. The molecule has 0 amide bonds. The Kier molecular flexibility index (Phi) is 3.04. The minimum Gasteiger partial charge on any atom is -0.422 e. The first-order chi connectivity index (χ1) is 12.3. The highest BCUT2D eigenvalue weighted by Crippen LogP contribution is 2.27. The zero-order valence-electron chi connectivity index (χ0n) is 12.7. The maximum Gasteiger partial charge on any atom is 0.350 e. The van der Waals surface area contributed by atoms with Gasteiger partial charge in [-0.05, 0) is 36.0 Å². The molecule has 0 aliphatic heterocycles. The summed E-state index contributed by atoms with van der Waals surface area (Å²) in [6, 6.07) is 16.7. The molecule has 0 saturated carbocycles. The molecule has 0 radical (unpaired) electrons. The molecule has 0 atom stereocenters. The fourth-order valence-electron chi connectivity index (χ4n) is 2.63. The van der Waals surface area contributed by atoms with E-state index in [9.17, 15) is 4.79 Å². The second-order valence-corrected chi connectivity index (χ2v) is 6.37. The van der Waals surface area contributed by atoms with Crippen LogP contribution >= 0.6 is 11.8 Å². The Hall–Kier alpha value is -3.26. The van der Waals surface area contributed by atoms with Crippen LogP contribution in [0.15, 0.2) is 73.9 Å². The van der Waals surface area contributed by atoms with Gasteiger partial charge in [0.1, 0.15) is 10.5 Å². The van der Waals surface area contributed by atoms with E-state index in [-0.39, 0.29) is 0 Å². The summed E-state index contributed by atoms with van der Waals surface area (Å²) in [5.41, 5.74) is 1.46. The van der Waals surface area contributed by atoms with E-state index >= 15 is 0 Å². The average Bonchev–Trinajstić information content (AvgIpc) is 3.06. The van der Waals surface area contributed by atoms with Crippen molar-refractivity contribution in [1.82, 2.24) is 25.0 Å². The molecule has 8 heteroatoms. The van der Waals surface area contributed by atoms with Crippen LogP contribution in [0.3, 0.4) is 0 Å². The second kappa shape index (κ2) is 5.38. The van der Waals surface area contributed by atoms with Crippen molar-refractivity contribution in [2.24, 2.45) is 0 Å². The van der Waals surface area contributed by atoms with Crippen LogP contribution in [0.2, 0.25) is 0 Å². The Morgan fingerprint density at radius 2 is 1.80 bits per heavy atom. The molecule has 25 heavy (non-hydrogen) atoms. The van der Waals surface area contributed by atoms with Crippen molar-refractivity contribution >= 4 is 39.3 Å². The van der Waals surface area contributed by atoms with Crippen LogP contribution in [0.4, 0.5) is 0 Å². The van der Waals surface area contributed by atoms with Gasteiger partial charge in [0.05, 0.1) is 5.52 Å². The van der Waals surface area contributed by atoms with E-state index in [4.69, 9.17) is 4.42 Å². The van der Waals surface area contributed by atoms with Crippen LogP contribution in [0.5, 0.6) is 0 Å².